The predicted octanol–water partition coefficient (Wildman–Crippen LogP) is 5.52. The maximum atomic E-state index is 15.2. The zero-order valence-electron chi connectivity index (χ0n) is 18.6. The Hall–Kier alpha value is -2.56. The summed E-state index contributed by atoms with van der Waals surface area (Å²) < 4.78 is 62.5. The van der Waals surface area contributed by atoms with E-state index in [4.69, 9.17) is 4.74 Å². The van der Waals surface area contributed by atoms with Gasteiger partial charge in [-0.1, -0.05) is 19.1 Å². The minimum atomic E-state index is -4.16. The molecular formula is C24H25F2N3O3S2. The fourth-order valence-corrected chi connectivity index (χ4v) is 6.78. The SMILES string of the molecule is C[C@@H]1CCN([C@H]2CCOc3cc(S(=O)(=O)Nc4nccs4)c(F)cc32)[C@H](c2ccc(F)cc2)C1. The van der Waals surface area contributed by atoms with Gasteiger partial charge >= 0.3 is 0 Å². The van der Waals surface area contributed by atoms with E-state index in [1.54, 1.807) is 5.38 Å². The van der Waals surface area contributed by atoms with Crippen molar-refractivity contribution in [1.82, 2.24) is 9.88 Å². The molecule has 2 aromatic carbocycles. The van der Waals surface area contributed by atoms with E-state index in [0.717, 1.165) is 36.3 Å². The van der Waals surface area contributed by atoms with Gasteiger partial charge in [-0.25, -0.2) is 22.2 Å². The molecule has 180 valence electrons. The van der Waals surface area contributed by atoms with E-state index in [0.29, 0.717) is 30.3 Å². The van der Waals surface area contributed by atoms with Crippen molar-refractivity contribution in [3.05, 3.63) is 70.7 Å². The first-order chi connectivity index (χ1) is 16.3. The number of benzene rings is 2. The van der Waals surface area contributed by atoms with E-state index < -0.39 is 20.7 Å². The number of anilines is 1. The van der Waals surface area contributed by atoms with Crippen molar-refractivity contribution in [1.29, 1.82) is 0 Å². The number of piperidine rings is 1. The summed E-state index contributed by atoms with van der Waals surface area (Å²) in [5, 5.41) is 1.80. The number of ether oxygens (including phenoxy) is 1. The maximum absolute atomic E-state index is 15.2. The summed E-state index contributed by atoms with van der Waals surface area (Å²) in [6.07, 6.45) is 4.03. The molecule has 34 heavy (non-hydrogen) atoms. The molecule has 1 saturated heterocycles. The van der Waals surface area contributed by atoms with E-state index in [1.807, 2.05) is 12.1 Å². The molecule has 1 fully saturated rings. The third kappa shape index (κ3) is 4.54. The van der Waals surface area contributed by atoms with Crippen molar-refractivity contribution in [3.63, 3.8) is 0 Å². The zero-order valence-corrected chi connectivity index (χ0v) is 20.2. The number of nitrogens with one attached hydrogen (secondary N) is 1. The van der Waals surface area contributed by atoms with Crippen molar-refractivity contribution in [3.8, 4) is 5.75 Å². The average Bonchev–Trinajstić information content (AvgIpc) is 3.31. The number of hydrogen-bond acceptors (Lipinski definition) is 6. The molecule has 0 unspecified atom stereocenters. The van der Waals surface area contributed by atoms with Gasteiger partial charge < -0.3 is 4.74 Å². The van der Waals surface area contributed by atoms with Crippen molar-refractivity contribution >= 4 is 26.5 Å². The molecule has 0 bridgehead atoms. The summed E-state index contributed by atoms with van der Waals surface area (Å²) in [4.78, 5) is 5.77. The minimum Gasteiger partial charge on any atom is -0.493 e. The Morgan fingerprint density at radius 3 is 2.68 bits per heavy atom. The summed E-state index contributed by atoms with van der Waals surface area (Å²) in [7, 11) is -4.16. The summed E-state index contributed by atoms with van der Waals surface area (Å²) in [5.41, 5.74) is 1.66. The molecule has 0 amide bonds. The van der Waals surface area contributed by atoms with Gasteiger partial charge in [0.05, 0.1) is 6.61 Å². The van der Waals surface area contributed by atoms with Gasteiger partial charge in [0, 0.05) is 41.7 Å². The van der Waals surface area contributed by atoms with Crippen LogP contribution in [0.3, 0.4) is 0 Å². The maximum Gasteiger partial charge on any atom is 0.266 e. The molecule has 3 aromatic rings. The minimum absolute atomic E-state index is 0.0540. The average molecular weight is 506 g/mol. The Bertz CT molecular complexity index is 1270. The molecule has 0 radical (unpaired) electrons. The van der Waals surface area contributed by atoms with Crippen LogP contribution in [0.15, 0.2) is 52.9 Å². The van der Waals surface area contributed by atoms with Crippen LogP contribution in [0.25, 0.3) is 0 Å². The number of thiazole rings is 1. The van der Waals surface area contributed by atoms with Gasteiger partial charge in [0.1, 0.15) is 22.3 Å². The summed E-state index contributed by atoms with van der Waals surface area (Å²) in [6, 6.07) is 9.04. The molecule has 6 nitrogen and oxygen atoms in total. The lowest BCUT2D eigenvalue weighted by Gasteiger charge is -2.45. The molecule has 2 aliphatic rings. The monoisotopic (exact) mass is 505 g/mol. The van der Waals surface area contributed by atoms with Crippen molar-refractivity contribution in [2.75, 3.05) is 17.9 Å². The molecule has 0 saturated carbocycles. The highest BCUT2D eigenvalue weighted by Gasteiger charge is 2.37. The third-order valence-electron chi connectivity index (χ3n) is 6.58. The van der Waals surface area contributed by atoms with Gasteiger partial charge in [-0.3, -0.25) is 9.62 Å². The van der Waals surface area contributed by atoms with Crippen LogP contribution < -0.4 is 9.46 Å². The van der Waals surface area contributed by atoms with Crippen LogP contribution >= 0.6 is 11.3 Å². The van der Waals surface area contributed by atoms with Gasteiger partial charge in [0.2, 0.25) is 0 Å². The number of nitrogens with zero attached hydrogens (tertiary/aromatic N) is 2. The summed E-state index contributed by atoms with van der Waals surface area (Å²) in [5.74, 6) is -0.236. The first kappa shape index (κ1) is 23.2. The standard InChI is InChI=1S/C24H25F2N3O3S2/c1-15-6-9-29(21(12-15)16-2-4-17(25)5-3-16)20-7-10-32-22-14-23(19(26)13-18(20)22)34(30,31)28-24-27-8-11-33-24/h2-5,8,11,13-15,20-21H,6-7,9-10,12H2,1H3,(H,27,28)/t15-,20+,21+/m1/s1. The molecule has 1 N–H and O–H groups in total. The molecule has 2 aliphatic heterocycles. The Balaban J connectivity index is 1.49. The molecule has 0 aliphatic carbocycles. The Kier molecular flexibility index (Phi) is 6.30. The highest BCUT2D eigenvalue weighted by molar-refractivity contribution is 7.93. The predicted molar refractivity (Wildman–Crippen MR) is 126 cm³/mol. The molecule has 10 heteroatoms. The number of aromatic nitrogens is 1. The van der Waals surface area contributed by atoms with Gasteiger partial charge in [-0.05, 0) is 49.1 Å². The summed E-state index contributed by atoms with van der Waals surface area (Å²) in [6.45, 7) is 3.41. The van der Waals surface area contributed by atoms with Crippen LogP contribution in [-0.2, 0) is 10.0 Å². The molecule has 1 aromatic heterocycles. The smallest absolute Gasteiger partial charge is 0.266 e. The molecule has 5 rings (SSSR count). The van der Waals surface area contributed by atoms with E-state index in [2.05, 4.69) is 21.5 Å². The van der Waals surface area contributed by atoms with Crippen LogP contribution in [0.2, 0.25) is 0 Å². The van der Waals surface area contributed by atoms with Gasteiger partial charge in [0.15, 0.2) is 5.13 Å². The highest BCUT2D eigenvalue weighted by Crippen LogP contribution is 2.45. The lowest BCUT2D eigenvalue weighted by molar-refractivity contribution is 0.0485. The number of hydrogen-bond donors (Lipinski definition) is 1. The zero-order chi connectivity index (χ0) is 23.9. The number of rotatable bonds is 5. The largest absolute Gasteiger partial charge is 0.493 e. The van der Waals surface area contributed by atoms with Crippen molar-refractivity contribution in [2.24, 2.45) is 5.92 Å². The highest BCUT2D eigenvalue weighted by atomic mass is 32.2. The fourth-order valence-electron chi connectivity index (χ4n) is 4.91. The van der Waals surface area contributed by atoms with E-state index in [1.165, 1.54) is 30.5 Å². The normalized spacial score (nSPS) is 23.2. The molecule has 3 atom stereocenters. The second kappa shape index (κ2) is 9.24. The van der Waals surface area contributed by atoms with Gasteiger partial charge in [-0.15, -0.1) is 11.3 Å². The number of halogens is 2. The van der Waals surface area contributed by atoms with Crippen LogP contribution in [0.5, 0.6) is 5.75 Å². The molecular weight excluding hydrogens is 480 g/mol. The van der Waals surface area contributed by atoms with Crippen molar-refractivity contribution < 1.29 is 21.9 Å². The third-order valence-corrected chi connectivity index (χ3v) is 8.75. The molecule has 3 heterocycles. The number of sulfonamides is 1. The second-order valence-electron chi connectivity index (χ2n) is 8.85. The van der Waals surface area contributed by atoms with E-state index in [-0.39, 0.29) is 23.0 Å². The Labute approximate surface area is 201 Å². The quantitative estimate of drug-likeness (QED) is 0.495. The van der Waals surface area contributed by atoms with E-state index >= 15 is 4.39 Å². The summed E-state index contributed by atoms with van der Waals surface area (Å²) >= 11 is 1.11. The Morgan fingerprint density at radius 1 is 1.15 bits per heavy atom. The van der Waals surface area contributed by atoms with Crippen molar-refractivity contribution in [2.45, 2.75) is 43.2 Å². The second-order valence-corrected chi connectivity index (χ2v) is 11.4. The van der Waals surface area contributed by atoms with E-state index in [9.17, 15) is 12.8 Å². The fraction of sp³-hybridized carbons (Fsp3) is 0.375. The number of likely N-dealkylation sites (tertiary alicyclic amines) is 1. The van der Waals surface area contributed by atoms with Gasteiger partial charge in [-0.2, -0.15) is 0 Å². The lowest BCUT2D eigenvalue weighted by atomic mass is 9.85. The molecule has 0 spiro atoms. The lowest BCUT2D eigenvalue weighted by Crippen LogP contribution is -2.40. The Morgan fingerprint density at radius 2 is 1.94 bits per heavy atom. The number of fused-ring (bicyclic) bond motifs is 1. The first-order valence-corrected chi connectivity index (χ1v) is 13.6. The van der Waals surface area contributed by atoms with Crippen LogP contribution in [0.4, 0.5) is 13.9 Å². The van der Waals surface area contributed by atoms with Crippen LogP contribution in [0.1, 0.15) is 49.4 Å². The van der Waals surface area contributed by atoms with Crippen LogP contribution in [-0.4, -0.2) is 31.5 Å². The first-order valence-electron chi connectivity index (χ1n) is 11.2. The topological polar surface area (TPSA) is 71.5 Å². The van der Waals surface area contributed by atoms with Gasteiger partial charge in [0.25, 0.3) is 10.0 Å². The van der Waals surface area contributed by atoms with Crippen LogP contribution in [0, 0.1) is 17.6 Å².